The molecule has 1 heterocycles. The van der Waals surface area contributed by atoms with Gasteiger partial charge in [0.05, 0.1) is 6.04 Å². The predicted octanol–water partition coefficient (Wildman–Crippen LogP) is 2.95. The van der Waals surface area contributed by atoms with E-state index in [2.05, 4.69) is 46.5 Å². The van der Waals surface area contributed by atoms with Crippen molar-refractivity contribution in [2.24, 2.45) is 0 Å². The second-order valence-electron chi connectivity index (χ2n) is 6.34. The van der Waals surface area contributed by atoms with E-state index < -0.39 is 0 Å². The second-order valence-corrected chi connectivity index (χ2v) is 6.34. The van der Waals surface area contributed by atoms with Gasteiger partial charge in [-0.15, -0.1) is 0 Å². The van der Waals surface area contributed by atoms with Gasteiger partial charge in [0.25, 0.3) is 0 Å². The smallest absolute Gasteiger partial charge is 0.315 e. The van der Waals surface area contributed by atoms with E-state index in [-0.39, 0.29) is 18.2 Å². The summed E-state index contributed by atoms with van der Waals surface area (Å²) in [4.78, 5) is 17.8. The van der Waals surface area contributed by atoms with Crippen molar-refractivity contribution in [1.82, 2.24) is 16.1 Å². The van der Waals surface area contributed by atoms with Crippen LogP contribution in [-0.4, -0.2) is 24.7 Å². The van der Waals surface area contributed by atoms with Crippen LogP contribution in [0, 0.1) is 0 Å². The van der Waals surface area contributed by atoms with E-state index in [1.165, 1.54) is 5.56 Å². The number of rotatable bonds is 7. The Labute approximate surface area is 154 Å². The van der Waals surface area contributed by atoms with Crippen LogP contribution in [0.1, 0.15) is 18.1 Å². The lowest BCUT2D eigenvalue weighted by Gasteiger charge is -2.23. The fourth-order valence-electron chi connectivity index (χ4n) is 3.02. The summed E-state index contributed by atoms with van der Waals surface area (Å²) in [7, 11) is 0. The van der Waals surface area contributed by atoms with Crippen molar-refractivity contribution in [3.63, 3.8) is 0 Å². The molecule has 5 heteroatoms. The topological polar surface area (TPSA) is 62.4 Å². The van der Waals surface area contributed by atoms with Gasteiger partial charge in [-0.3, -0.25) is 10.3 Å². The maximum Gasteiger partial charge on any atom is 0.315 e. The number of amides is 2. The minimum Gasteiger partial charge on any atom is -0.338 e. The Bertz CT molecular complexity index is 731. The lowest BCUT2D eigenvalue weighted by Crippen LogP contribution is -2.48. The largest absolute Gasteiger partial charge is 0.338 e. The van der Waals surface area contributed by atoms with Crippen molar-refractivity contribution in [1.29, 1.82) is 0 Å². The number of hydroxylamine groups is 1. The lowest BCUT2D eigenvalue weighted by molar-refractivity contribution is 0.0225. The van der Waals surface area contributed by atoms with E-state index >= 15 is 0 Å². The van der Waals surface area contributed by atoms with Crippen LogP contribution in [0.3, 0.4) is 0 Å². The minimum atomic E-state index is -0.225. The van der Waals surface area contributed by atoms with Gasteiger partial charge >= 0.3 is 6.03 Å². The van der Waals surface area contributed by atoms with Crippen molar-refractivity contribution in [2.75, 3.05) is 6.54 Å². The first-order chi connectivity index (χ1) is 12.7. The molecule has 3 rings (SSSR count). The Morgan fingerprint density at radius 3 is 2.38 bits per heavy atom. The number of hydrogen-bond acceptors (Lipinski definition) is 3. The molecule has 3 N–H and O–H groups in total. The van der Waals surface area contributed by atoms with Crippen LogP contribution >= 0.6 is 0 Å². The molecule has 0 aliphatic carbocycles. The number of carbonyl (C=O) groups is 1. The van der Waals surface area contributed by atoms with E-state index in [0.717, 1.165) is 17.7 Å². The molecular weight excluding hydrogens is 326 g/mol. The Hall–Kier alpha value is -2.79. The molecule has 2 aromatic rings. The molecule has 0 saturated heterocycles. The minimum absolute atomic E-state index is 0.162. The maximum absolute atomic E-state index is 12.1. The highest BCUT2D eigenvalue weighted by molar-refractivity contribution is 5.74. The van der Waals surface area contributed by atoms with E-state index in [9.17, 15) is 4.79 Å². The average molecular weight is 351 g/mol. The monoisotopic (exact) mass is 351 g/mol. The van der Waals surface area contributed by atoms with Crippen LogP contribution in [0.4, 0.5) is 4.79 Å². The molecule has 2 atom stereocenters. The van der Waals surface area contributed by atoms with Gasteiger partial charge in [0.15, 0.2) is 0 Å². The number of benzene rings is 2. The quantitative estimate of drug-likeness (QED) is 0.719. The molecule has 5 nitrogen and oxygen atoms in total. The summed E-state index contributed by atoms with van der Waals surface area (Å²) in [5.74, 6) is 0. The molecule has 0 spiro atoms. The summed E-state index contributed by atoms with van der Waals surface area (Å²) < 4.78 is 0. The third-order valence-corrected chi connectivity index (χ3v) is 4.28. The van der Waals surface area contributed by atoms with Crippen LogP contribution in [0.2, 0.25) is 0 Å². The van der Waals surface area contributed by atoms with Crippen LogP contribution < -0.4 is 16.1 Å². The maximum atomic E-state index is 12.1. The predicted molar refractivity (Wildman–Crippen MR) is 102 cm³/mol. The highest BCUT2D eigenvalue weighted by Crippen LogP contribution is 2.18. The van der Waals surface area contributed by atoms with Crippen molar-refractivity contribution in [3.05, 3.63) is 83.6 Å². The van der Waals surface area contributed by atoms with Crippen LogP contribution in [0.5, 0.6) is 0 Å². The zero-order valence-corrected chi connectivity index (χ0v) is 14.9. The molecule has 0 aromatic heterocycles. The summed E-state index contributed by atoms with van der Waals surface area (Å²) in [6, 6.07) is 20.0. The number of urea groups is 1. The molecule has 0 saturated carbocycles. The standard InChI is InChI=1S/C21H25N3O2/c1-2-22-21(25)23-19(14-17-11-7-4-8-12-17)20-15-18(24-26-20)13-16-9-5-3-6-10-16/h3-12,15,19-20,24H,2,13-14H2,1H3,(H2,22,23,25). The molecule has 1 aliphatic heterocycles. The van der Waals surface area contributed by atoms with Gasteiger partial charge in [-0.25, -0.2) is 4.79 Å². The fourth-order valence-corrected chi connectivity index (χ4v) is 3.02. The van der Waals surface area contributed by atoms with Crippen molar-refractivity contribution < 1.29 is 9.63 Å². The van der Waals surface area contributed by atoms with Gasteiger partial charge in [-0.1, -0.05) is 60.7 Å². The van der Waals surface area contributed by atoms with Gasteiger partial charge in [0.2, 0.25) is 0 Å². The zero-order valence-electron chi connectivity index (χ0n) is 14.9. The van der Waals surface area contributed by atoms with Crippen LogP contribution in [0.15, 0.2) is 72.4 Å². The highest BCUT2D eigenvalue weighted by Gasteiger charge is 2.27. The number of nitrogens with one attached hydrogen (secondary N) is 3. The summed E-state index contributed by atoms with van der Waals surface area (Å²) in [6.45, 7) is 2.49. The molecule has 26 heavy (non-hydrogen) atoms. The summed E-state index contributed by atoms with van der Waals surface area (Å²) in [6.07, 6.45) is 3.31. The van der Waals surface area contributed by atoms with Crippen LogP contribution in [-0.2, 0) is 17.7 Å². The Balaban J connectivity index is 1.70. The molecule has 2 unspecified atom stereocenters. The number of allylic oxidation sites excluding steroid dienone is 1. The first-order valence-corrected chi connectivity index (χ1v) is 8.99. The van der Waals surface area contributed by atoms with Crippen molar-refractivity contribution >= 4 is 6.03 Å². The Kier molecular flexibility index (Phi) is 6.28. The molecule has 2 aromatic carbocycles. The highest BCUT2D eigenvalue weighted by atomic mass is 16.7. The third-order valence-electron chi connectivity index (χ3n) is 4.28. The molecule has 0 fully saturated rings. The first-order valence-electron chi connectivity index (χ1n) is 8.99. The Morgan fingerprint density at radius 2 is 1.73 bits per heavy atom. The van der Waals surface area contributed by atoms with Crippen molar-refractivity contribution in [2.45, 2.75) is 31.9 Å². The summed E-state index contributed by atoms with van der Waals surface area (Å²) in [5.41, 5.74) is 6.40. The molecular formula is C21H25N3O2. The van der Waals surface area contributed by atoms with E-state index in [0.29, 0.717) is 13.0 Å². The number of carbonyl (C=O) groups excluding carboxylic acids is 1. The third kappa shape index (κ3) is 5.10. The zero-order chi connectivity index (χ0) is 18.2. The van der Waals surface area contributed by atoms with Gasteiger partial charge in [0.1, 0.15) is 6.10 Å². The van der Waals surface area contributed by atoms with Gasteiger partial charge < -0.3 is 10.6 Å². The molecule has 2 amide bonds. The molecule has 0 bridgehead atoms. The molecule has 0 radical (unpaired) electrons. The van der Waals surface area contributed by atoms with E-state index in [1.807, 2.05) is 43.3 Å². The summed E-state index contributed by atoms with van der Waals surface area (Å²) >= 11 is 0. The molecule has 136 valence electrons. The lowest BCUT2D eigenvalue weighted by atomic mass is 10.00. The first kappa shape index (κ1) is 18.0. The van der Waals surface area contributed by atoms with Gasteiger partial charge in [-0.2, -0.15) is 0 Å². The van der Waals surface area contributed by atoms with Gasteiger partial charge in [-0.05, 0) is 30.5 Å². The Morgan fingerprint density at radius 1 is 1.08 bits per heavy atom. The van der Waals surface area contributed by atoms with Crippen LogP contribution in [0.25, 0.3) is 0 Å². The normalized spacial score (nSPS) is 17.1. The van der Waals surface area contributed by atoms with E-state index in [1.54, 1.807) is 0 Å². The fraction of sp³-hybridized carbons (Fsp3) is 0.286. The molecule has 1 aliphatic rings. The van der Waals surface area contributed by atoms with Crippen molar-refractivity contribution in [3.8, 4) is 0 Å². The number of hydrogen-bond donors (Lipinski definition) is 3. The second kappa shape index (κ2) is 9.06. The average Bonchev–Trinajstić information content (AvgIpc) is 3.11. The van der Waals surface area contributed by atoms with E-state index in [4.69, 9.17) is 4.84 Å². The van der Waals surface area contributed by atoms with Gasteiger partial charge in [0, 0.05) is 18.7 Å². The summed E-state index contributed by atoms with van der Waals surface area (Å²) in [5, 5.41) is 5.82. The SMILES string of the molecule is CCNC(=O)NC(Cc1ccccc1)C1C=C(Cc2ccccc2)NO1.